The van der Waals surface area contributed by atoms with Crippen LogP contribution < -0.4 is 4.74 Å². The molecule has 1 N–H and O–H groups in total. The Bertz CT molecular complexity index is 535. The van der Waals surface area contributed by atoms with Gasteiger partial charge in [-0.15, -0.1) is 0 Å². The predicted octanol–water partition coefficient (Wildman–Crippen LogP) is 4.32. The summed E-state index contributed by atoms with van der Waals surface area (Å²) >= 11 is 3.41. The number of hydrogen-bond acceptors (Lipinski definition) is 2. The van der Waals surface area contributed by atoms with Gasteiger partial charge in [-0.1, -0.05) is 40.2 Å². The van der Waals surface area contributed by atoms with Gasteiger partial charge in [0.05, 0.1) is 6.10 Å². The average molecular weight is 321 g/mol. The van der Waals surface area contributed by atoms with Crippen molar-refractivity contribution >= 4 is 15.9 Å². The number of benzene rings is 2. The molecule has 0 spiro atoms. The van der Waals surface area contributed by atoms with Crippen molar-refractivity contribution in [2.75, 3.05) is 0 Å². The Morgan fingerprint density at radius 1 is 1.00 bits per heavy atom. The van der Waals surface area contributed by atoms with Crippen LogP contribution in [-0.2, 0) is 0 Å². The molecule has 2 aromatic rings. The molecular weight excluding hydrogens is 304 g/mol. The van der Waals surface area contributed by atoms with E-state index in [-0.39, 0.29) is 6.10 Å². The van der Waals surface area contributed by atoms with E-state index in [4.69, 9.17) is 4.74 Å². The summed E-state index contributed by atoms with van der Waals surface area (Å²) in [6.07, 6.45) is -0.466. The van der Waals surface area contributed by atoms with Crippen molar-refractivity contribution in [2.45, 2.75) is 26.1 Å². The van der Waals surface area contributed by atoms with Crippen LogP contribution in [0.3, 0.4) is 0 Å². The van der Waals surface area contributed by atoms with Crippen LogP contribution in [0.1, 0.15) is 31.1 Å². The molecule has 0 radical (unpaired) electrons. The van der Waals surface area contributed by atoms with E-state index in [1.54, 1.807) is 0 Å². The molecule has 0 aliphatic heterocycles. The van der Waals surface area contributed by atoms with Crippen LogP contribution in [0.5, 0.6) is 5.75 Å². The van der Waals surface area contributed by atoms with E-state index in [1.807, 2.05) is 62.4 Å². The first-order valence-electron chi connectivity index (χ1n) is 6.26. The molecule has 1 unspecified atom stereocenters. The van der Waals surface area contributed by atoms with Crippen molar-refractivity contribution in [3.63, 3.8) is 0 Å². The van der Waals surface area contributed by atoms with E-state index < -0.39 is 6.10 Å². The SMILES string of the molecule is CC(C)Oc1ccc(C(O)c2cccc(Br)c2)cc1. The zero-order chi connectivity index (χ0) is 13.8. The van der Waals surface area contributed by atoms with Crippen LogP contribution in [0.2, 0.25) is 0 Å². The highest BCUT2D eigenvalue weighted by Crippen LogP contribution is 2.26. The highest BCUT2D eigenvalue weighted by molar-refractivity contribution is 9.10. The zero-order valence-electron chi connectivity index (χ0n) is 11.0. The second-order valence-electron chi connectivity index (χ2n) is 4.69. The Morgan fingerprint density at radius 2 is 1.68 bits per heavy atom. The standard InChI is InChI=1S/C16H17BrO2/c1-11(2)19-15-8-6-12(7-9-15)16(18)13-4-3-5-14(17)10-13/h3-11,16,18H,1-2H3. The molecule has 0 saturated carbocycles. The summed E-state index contributed by atoms with van der Waals surface area (Å²) in [5.74, 6) is 0.820. The Morgan fingerprint density at radius 3 is 2.26 bits per heavy atom. The van der Waals surface area contributed by atoms with E-state index in [0.29, 0.717) is 0 Å². The van der Waals surface area contributed by atoms with E-state index in [9.17, 15) is 5.11 Å². The maximum absolute atomic E-state index is 10.3. The van der Waals surface area contributed by atoms with Crippen LogP contribution in [-0.4, -0.2) is 11.2 Å². The number of hydrogen-bond donors (Lipinski definition) is 1. The number of aliphatic hydroxyl groups excluding tert-OH is 1. The lowest BCUT2D eigenvalue weighted by molar-refractivity contribution is 0.219. The molecule has 0 saturated heterocycles. The predicted molar refractivity (Wildman–Crippen MR) is 80.4 cm³/mol. The summed E-state index contributed by atoms with van der Waals surface area (Å²) in [7, 11) is 0. The minimum atomic E-state index is -0.620. The van der Waals surface area contributed by atoms with Crippen molar-refractivity contribution < 1.29 is 9.84 Å². The van der Waals surface area contributed by atoms with Crippen LogP contribution in [0.15, 0.2) is 53.0 Å². The van der Waals surface area contributed by atoms with Gasteiger partial charge in [0, 0.05) is 4.47 Å². The van der Waals surface area contributed by atoms with E-state index in [0.717, 1.165) is 21.3 Å². The molecule has 2 nitrogen and oxygen atoms in total. The summed E-state index contributed by atoms with van der Waals surface area (Å²) < 4.78 is 6.55. The van der Waals surface area contributed by atoms with Crippen molar-refractivity contribution in [1.82, 2.24) is 0 Å². The number of aliphatic hydroxyl groups is 1. The first kappa shape index (κ1) is 14.1. The molecule has 1 atom stereocenters. The Hall–Kier alpha value is -1.32. The fourth-order valence-corrected chi connectivity index (χ4v) is 2.29. The molecule has 0 aliphatic rings. The fourth-order valence-electron chi connectivity index (χ4n) is 1.87. The van der Waals surface area contributed by atoms with E-state index in [2.05, 4.69) is 15.9 Å². The van der Waals surface area contributed by atoms with Crippen molar-refractivity contribution in [2.24, 2.45) is 0 Å². The molecule has 0 aliphatic carbocycles. The topological polar surface area (TPSA) is 29.5 Å². The zero-order valence-corrected chi connectivity index (χ0v) is 12.6. The lowest BCUT2D eigenvalue weighted by atomic mass is 10.0. The van der Waals surface area contributed by atoms with Gasteiger partial charge in [-0.05, 0) is 49.2 Å². The van der Waals surface area contributed by atoms with Gasteiger partial charge in [-0.25, -0.2) is 0 Å². The normalized spacial score (nSPS) is 12.5. The van der Waals surface area contributed by atoms with Gasteiger partial charge in [0.15, 0.2) is 0 Å². The Kier molecular flexibility index (Phi) is 4.61. The second kappa shape index (κ2) is 6.22. The molecule has 2 aromatic carbocycles. The van der Waals surface area contributed by atoms with Gasteiger partial charge < -0.3 is 9.84 Å². The molecule has 0 fully saturated rings. The Balaban J connectivity index is 2.17. The number of rotatable bonds is 4. The number of halogens is 1. The van der Waals surface area contributed by atoms with Crippen LogP contribution >= 0.6 is 15.9 Å². The van der Waals surface area contributed by atoms with Crippen molar-refractivity contribution in [3.05, 3.63) is 64.1 Å². The summed E-state index contributed by atoms with van der Waals surface area (Å²) in [6.45, 7) is 3.98. The summed E-state index contributed by atoms with van der Waals surface area (Å²) in [4.78, 5) is 0. The molecule has 100 valence electrons. The van der Waals surface area contributed by atoms with Crippen LogP contribution in [0.4, 0.5) is 0 Å². The second-order valence-corrected chi connectivity index (χ2v) is 5.61. The van der Waals surface area contributed by atoms with Gasteiger partial charge in [-0.3, -0.25) is 0 Å². The van der Waals surface area contributed by atoms with Crippen molar-refractivity contribution in [3.8, 4) is 5.75 Å². The van der Waals surface area contributed by atoms with E-state index >= 15 is 0 Å². The van der Waals surface area contributed by atoms with Crippen LogP contribution in [0.25, 0.3) is 0 Å². The largest absolute Gasteiger partial charge is 0.491 e. The fraction of sp³-hybridized carbons (Fsp3) is 0.250. The summed E-state index contributed by atoms with van der Waals surface area (Å²) in [5, 5.41) is 10.3. The molecule has 0 aromatic heterocycles. The highest BCUT2D eigenvalue weighted by atomic mass is 79.9. The quantitative estimate of drug-likeness (QED) is 0.909. The van der Waals surface area contributed by atoms with Crippen LogP contribution in [0, 0.1) is 0 Å². The van der Waals surface area contributed by atoms with Gasteiger partial charge >= 0.3 is 0 Å². The smallest absolute Gasteiger partial charge is 0.119 e. The molecule has 0 heterocycles. The van der Waals surface area contributed by atoms with Gasteiger partial charge in [-0.2, -0.15) is 0 Å². The molecular formula is C16H17BrO2. The first-order chi connectivity index (χ1) is 9.06. The molecule has 0 bridgehead atoms. The third-order valence-electron chi connectivity index (χ3n) is 2.73. The molecule has 2 rings (SSSR count). The number of ether oxygens (including phenoxy) is 1. The summed E-state index contributed by atoms with van der Waals surface area (Å²) in [6, 6.07) is 15.2. The maximum atomic E-state index is 10.3. The highest BCUT2D eigenvalue weighted by Gasteiger charge is 2.10. The molecule has 3 heteroatoms. The minimum absolute atomic E-state index is 0.154. The van der Waals surface area contributed by atoms with Gasteiger partial charge in [0.25, 0.3) is 0 Å². The minimum Gasteiger partial charge on any atom is -0.491 e. The van der Waals surface area contributed by atoms with Gasteiger partial charge in [0.1, 0.15) is 11.9 Å². The third kappa shape index (κ3) is 3.82. The average Bonchev–Trinajstić information content (AvgIpc) is 2.38. The third-order valence-corrected chi connectivity index (χ3v) is 3.23. The Labute approximate surface area is 122 Å². The first-order valence-corrected chi connectivity index (χ1v) is 7.05. The van der Waals surface area contributed by atoms with E-state index in [1.165, 1.54) is 0 Å². The lowest BCUT2D eigenvalue weighted by Crippen LogP contribution is -2.06. The van der Waals surface area contributed by atoms with Crippen molar-refractivity contribution in [1.29, 1.82) is 0 Å². The monoisotopic (exact) mass is 320 g/mol. The lowest BCUT2D eigenvalue weighted by Gasteiger charge is -2.14. The van der Waals surface area contributed by atoms with Gasteiger partial charge in [0.2, 0.25) is 0 Å². The molecule has 19 heavy (non-hydrogen) atoms. The maximum Gasteiger partial charge on any atom is 0.119 e. The molecule has 0 amide bonds. The summed E-state index contributed by atoms with van der Waals surface area (Å²) in [5.41, 5.74) is 1.72.